The molecule has 4 N–H and O–H groups in total. The number of nitrogens with two attached hydrogens (primary N) is 1. The van der Waals surface area contributed by atoms with Gasteiger partial charge in [-0.2, -0.15) is 0 Å². The number of hydrogen-bond acceptors (Lipinski definition) is 7. The summed E-state index contributed by atoms with van der Waals surface area (Å²) in [4.78, 5) is 10.6. The number of nitrogens with one attached hydrogen (secondary N) is 1. The van der Waals surface area contributed by atoms with Crippen molar-refractivity contribution in [2.75, 3.05) is 45.1 Å². The Morgan fingerprint density at radius 1 is 1.21 bits per heavy atom. The number of hydrogen-bond donors (Lipinski definition) is 3. The summed E-state index contributed by atoms with van der Waals surface area (Å²) in [5.41, 5.74) is 7.49. The summed E-state index contributed by atoms with van der Waals surface area (Å²) in [7, 11) is 0. The fourth-order valence-corrected chi connectivity index (χ4v) is 4.01. The average molecular weight is 401 g/mol. The van der Waals surface area contributed by atoms with E-state index in [1.807, 2.05) is 6.07 Å². The van der Waals surface area contributed by atoms with E-state index in [1.54, 1.807) is 24.5 Å². The van der Waals surface area contributed by atoms with E-state index in [0.29, 0.717) is 24.2 Å². The minimum atomic E-state index is -0.638. The Labute approximate surface area is 170 Å². The van der Waals surface area contributed by atoms with Crippen LogP contribution in [0.2, 0.25) is 0 Å². The SMILES string of the molecule is Nc1cnc(C2CC(c3ccc(OCC(O)CN4CCNCC4)c(F)c3)C2)cn1. The van der Waals surface area contributed by atoms with Crippen LogP contribution in [0.3, 0.4) is 0 Å². The van der Waals surface area contributed by atoms with Gasteiger partial charge in [-0.1, -0.05) is 6.07 Å². The second-order valence-electron chi connectivity index (χ2n) is 7.94. The Kier molecular flexibility index (Phi) is 6.22. The van der Waals surface area contributed by atoms with Gasteiger partial charge < -0.3 is 20.9 Å². The van der Waals surface area contributed by atoms with Crippen molar-refractivity contribution in [1.82, 2.24) is 20.2 Å². The first-order valence-corrected chi connectivity index (χ1v) is 10.2. The van der Waals surface area contributed by atoms with Crippen LogP contribution in [0.15, 0.2) is 30.6 Å². The number of nitrogens with zero attached hydrogens (tertiary/aromatic N) is 3. The van der Waals surface area contributed by atoms with E-state index in [4.69, 9.17) is 10.5 Å². The maximum Gasteiger partial charge on any atom is 0.165 e. The summed E-state index contributed by atoms with van der Waals surface area (Å²) in [6.07, 6.45) is 4.49. The third kappa shape index (κ3) is 5.01. The third-order valence-corrected chi connectivity index (χ3v) is 5.79. The Balaban J connectivity index is 1.26. The molecule has 0 radical (unpaired) electrons. The molecule has 1 saturated heterocycles. The highest BCUT2D eigenvalue weighted by Gasteiger charge is 2.33. The highest BCUT2D eigenvalue weighted by molar-refractivity contribution is 5.34. The number of β-amino-alcohol motifs (C(OH)–C–C–N with tert-alkyl or cyclic N) is 1. The molecule has 4 rings (SSSR count). The minimum absolute atomic E-state index is 0.0848. The van der Waals surface area contributed by atoms with E-state index in [-0.39, 0.29) is 18.2 Å². The number of anilines is 1. The molecule has 1 atom stereocenters. The van der Waals surface area contributed by atoms with Gasteiger partial charge in [-0.3, -0.25) is 9.88 Å². The van der Waals surface area contributed by atoms with Gasteiger partial charge in [0.2, 0.25) is 0 Å². The van der Waals surface area contributed by atoms with E-state index in [2.05, 4.69) is 20.2 Å². The van der Waals surface area contributed by atoms with Gasteiger partial charge in [0.15, 0.2) is 11.6 Å². The van der Waals surface area contributed by atoms with Gasteiger partial charge >= 0.3 is 0 Å². The predicted octanol–water partition coefficient (Wildman–Crippen LogP) is 1.50. The standard InChI is InChI=1S/C21H28FN5O2/c22-18-9-14(15-7-16(8-15)19-10-26-21(23)11-25-19)1-2-20(18)29-13-17(28)12-27-5-3-24-4-6-27/h1-2,9-11,15-17,24,28H,3-8,12-13H2,(H2,23,26). The fraction of sp³-hybridized carbons (Fsp3) is 0.524. The van der Waals surface area contributed by atoms with Crippen molar-refractivity contribution in [2.45, 2.75) is 30.8 Å². The zero-order valence-electron chi connectivity index (χ0n) is 16.4. The first-order chi connectivity index (χ1) is 14.1. The van der Waals surface area contributed by atoms with Crippen molar-refractivity contribution >= 4 is 5.82 Å². The number of ether oxygens (including phenoxy) is 1. The van der Waals surface area contributed by atoms with Crippen LogP contribution in [0.4, 0.5) is 10.2 Å². The molecule has 29 heavy (non-hydrogen) atoms. The molecule has 0 amide bonds. The number of rotatable bonds is 7. The lowest BCUT2D eigenvalue weighted by Crippen LogP contribution is -2.47. The molecule has 1 unspecified atom stereocenters. The molecule has 1 saturated carbocycles. The summed E-state index contributed by atoms with van der Waals surface area (Å²) < 4.78 is 20.0. The molecule has 1 aromatic carbocycles. The van der Waals surface area contributed by atoms with E-state index < -0.39 is 6.10 Å². The van der Waals surface area contributed by atoms with Crippen LogP contribution in [0.5, 0.6) is 5.75 Å². The van der Waals surface area contributed by atoms with Gasteiger partial charge in [0.1, 0.15) is 18.5 Å². The molecule has 8 heteroatoms. The zero-order valence-corrected chi connectivity index (χ0v) is 16.4. The number of aliphatic hydroxyl groups excluding tert-OH is 1. The Hall–Kier alpha value is -2.29. The monoisotopic (exact) mass is 401 g/mol. The molecule has 0 spiro atoms. The molecule has 156 valence electrons. The van der Waals surface area contributed by atoms with Crippen LogP contribution >= 0.6 is 0 Å². The number of aromatic nitrogens is 2. The zero-order chi connectivity index (χ0) is 20.2. The van der Waals surface area contributed by atoms with Crippen LogP contribution in [-0.4, -0.2) is 65.4 Å². The van der Waals surface area contributed by atoms with Gasteiger partial charge in [-0.25, -0.2) is 9.37 Å². The summed E-state index contributed by atoms with van der Waals surface area (Å²) in [5.74, 6) is 0.870. The molecular formula is C21H28FN5O2. The highest BCUT2D eigenvalue weighted by Crippen LogP contribution is 2.47. The lowest BCUT2D eigenvalue weighted by atomic mass is 9.70. The molecule has 2 aliphatic rings. The van der Waals surface area contributed by atoms with Crippen LogP contribution in [0, 0.1) is 5.82 Å². The summed E-state index contributed by atoms with van der Waals surface area (Å²) in [6, 6.07) is 5.13. The largest absolute Gasteiger partial charge is 0.488 e. The first kappa shape index (κ1) is 20.0. The average Bonchev–Trinajstić information content (AvgIpc) is 2.68. The topological polar surface area (TPSA) is 96.5 Å². The number of halogens is 1. The van der Waals surface area contributed by atoms with Crippen molar-refractivity contribution in [1.29, 1.82) is 0 Å². The van der Waals surface area contributed by atoms with Gasteiger partial charge in [-0.15, -0.1) is 0 Å². The summed E-state index contributed by atoms with van der Waals surface area (Å²) in [5, 5.41) is 13.4. The van der Waals surface area contributed by atoms with E-state index in [0.717, 1.165) is 50.3 Å². The lowest BCUT2D eigenvalue weighted by Gasteiger charge is -2.35. The molecule has 2 fully saturated rings. The maximum atomic E-state index is 14.5. The highest BCUT2D eigenvalue weighted by atomic mass is 19.1. The smallest absolute Gasteiger partial charge is 0.165 e. The van der Waals surface area contributed by atoms with Crippen LogP contribution in [0.1, 0.15) is 35.9 Å². The van der Waals surface area contributed by atoms with Crippen molar-refractivity contribution < 1.29 is 14.2 Å². The summed E-state index contributed by atoms with van der Waals surface area (Å²) >= 11 is 0. The normalized spacial score (nSPS) is 23.4. The van der Waals surface area contributed by atoms with Crippen LogP contribution < -0.4 is 15.8 Å². The number of aliphatic hydroxyl groups is 1. The molecule has 1 aromatic heterocycles. The minimum Gasteiger partial charge on any atom is -0.488 e. The molecule has 2 aromatic rings. The predicted molar refractivity (Wildman–Crippen MR) is 108 cm³/mol. The Morgan fingerprint density at radius 2 is 2.00 bits per heavy atom. The second-order valence-corrected chi connectivity index (χ2v) is 7.94. The fourth-order valence-electron chi connectivity index (χ4n) is 4.01. The van der Waals surface area contributed by atoms with Crippen LogP contribution in [-0.2, 0) is 0 Å². The van der Waals surface area contributed by atoms with E-state index in [1.165, 1.54) is 0 Å². The van der Waals surface area contributed by atoms with Gasteiger partial charge in [0.25, 0.3) is 0 Å². The molecular weight excluding hydrogens is 373 g/mol. The second kappa shape index (κ2) is 9.02. The summed E-state index contributed by atoms with van der Waals surface area (Å²) in [6.45, 7) is 4.29. The Morgan fingerprint density at radius 3 is 2.69 bits per heavy atom. The molecule has 0 bridgehead atoms. The van der Waals surface area contributed by atoms with Crippen molar-refractivity contribution in [3.63, 3.8) is 0 Å². The maximum absolute atomic E-state index is 14.5. The number of nitrogen functional groups attached to an aromatic ring is 1. The molecule has 7 nitrogen and oxygen atoms in total. The van der Waals surface area contributed by atoms with Gasteiger partial charge in [0, 0.05) is 38.6 Å². The first-order valence-electron chi connectivity index (χ1n) is 10.2. The van der Waals surface area contributed by atoms with Gasteiger partial charge in [-0.05, 0) is 36.5 Å². The number of benzene rings is 1. The molecule has 1 aliphatic carbocycles. The third-order valence-electron chi connectivity index (χ3n) is 5.79. The number of piperazine rings is 1. The van der Waals surface area contributed by atoms with Gasteiger partial charge in [0.05, 0.1) is 18.1 Å². The van der Waals surface area contributed by atoms with Crippen molar-refractivity contribution in [2.24, 2.45) is 0 Å². The van der Waals surface area contributed by atoms with Crippen LogP contribution in [0.25, 0.3) is 0 Å². The van der Waals surface area contributed by atoms with E-state index in [9.17, 15) is 9.50 Å². The molecule has 1 aliphatic heterocycles. The lowest BCUT2D eigenvalue weighted by molar-refractivity contribution is 0.0628. The molecule has 2 heterocycles. The van der Waals surface area contributed by atoms with E-state index >= 15 is 0 Å². The Bertz CT molecular complexity index is 807. The van der Waals surface area contributed by atoms with Crippen molar-refractivity contribution in [3.05, 3.63) is 47.7 Å². The van der Waals surface area contributed by atoms with Crippen molar-refractivity contribution in [3.8, 4) is 5.75 Å². The quantitative estimate of drug-likeness (QED) is 0.647.